The Morgan fingerprint density at radius 3 is 2.49 bits per heavy atom. The number of hydrogen-bond donors (Lipinski definition) is 1. The smallest absolute Gasteiger partial charge is 0.407 e. The molecule has 1 aliphatic carbocycles. The van der Waals surface area contributed by atoms with E-state index in [2.05, 4.69) is 15.3 Å². The molecule has 0 aliphatic heterocycles. The van der Waals surface area contributed by atoms with Crippen LogP contribution in [-0.2, 0) is 4.74 Å². The van der Waals surface area contributed by atoms with Crippen molar-refractivity contribution in [1.29, 1.82) is 0 Å². The van der Waals surface area contributed by atoms with E-state index in [0.29, 0.717) is 31.4 Å². The average Bonchev–Trinajstić information content (AvgIpc) is 2.90. The summed E-state index contributed by atoms with van der Waals surface area (Å²) < 4.78 is 22.2. The van der Waals surface area contributed by atoms with Crippen LogP contribution in [0.25, 0.3) is 28.0 Å². The molecule has 0 atom stereocenters. The summed E-state index contributed by atoms with van der Waals surface area (Å²) in [5.41, 5.74) is 0.335. The van der Waals surface area contributed by atoms with Crippen molar-refractivity contribution in [3.05, 3.63) is 87.6 Å². The van der Waals surface area contributed by atoms with Crippen molar-refractivity contribution in [3.8, 4) is 16.9 Å². The van der Waals surface area contributed by atoms with Crippen LogP contribution in [0.3, 0.4) is 0 Å². The van der Waals surface area contributed by atoms with Crippen LogP contribution < -0.4 is 16.6 Å². The normalized spacial score (nSPS) is 17.6. The molecule has 1 fully saturated rings. The molecule has 1 amide bonds. The van der Waals surface area contributed by atoms with Gasteiger partial charge in [-0.05, 0) is 76.8 Å². The molecule has 3 heterocycles. The second kappa shape index (κ2) is 10.4. The highest BCUT2D eigenvalue weighted by Gasteiger charge is 2.29. The number of alkyl carbamates (subject to hydrolysis) is 1. The van der Waals surface area contributed by atoms with Crippen LogP contribution in [0.1, 0.15) is 52.5 Å². The molecular formula is C29H30FN5O4. The number of pyridine rings is 2. The SMILES string of the molecule is CC(C)(C)OC(=O)NC1CCC(n2c(=O)c3cc(F)cnc3n(-c3cccc(-c4ccccn4)c3)c2=O)CC1. The number of rotatable bonds is 4. The molecule has 0 radical (unpaired) electrons. The van der Waals surface area contributed by atoms with Crippen molar-refractivity contribution >= 4 is 17.1 Å². The molecular weight excluding hydrogens is 501 g/mol. The zero-order valence-corrected chi connectivity index (χ0v) is 22.1. The lowest BCUT2D eigenvalue weighted by Gasteiger charge is -2.31. The largest absolute Gasteiger partial charge is 0.444 e. The summed E-state index contributed by atoms with van der Waals surface area (Å²) in [6, 6.07) is 13.3. The maximum absolute atomic E-state index is 14.2. The van der Waals surface area contributed by atoms with Gasteiger partial charge in [0, 0.05) is 23.8 Å². The summed E-state index contributed by atoms with van der Waals surface area (Å²) in [6.45, 7) is 5.39. The summed E-state index contributed by atoms with van der Waals surface area (Å²) in [4.78, 5) is 48.2. The van der Waals surface area contributed by atoms with E-state index in [4.69, 9.17) is 4.74 Å². The summed E-state index contributed by atoms with van der Waals surface area (Å²) in [5, 5.41) is 2.90. The summed E-state index contributed by atoms with van der Waals surface area (Å²) in [5.74, 6) is -0.663. The van der Waals surface area contributed by atoms with Gasteiger partial charge in [0.15, 0.2) is 5.65 Å². The molecule has 5 rings (SSSR count). The summed E-state index contributed by atoms with van der Waals surface area (Å²) in [7, 11) is 0. The van der Waals surface area contributed by atoms with Crippen LogP contribution in [0.2, 0.25) is 0 Å². The van der Waals surface area contributed by atoms with Crippen LogP contribution in [-0.4, -0.2) is 36.8 Å². The van der Waals surface area contributed by atoms with Gasteiger partial charge >= 0.3 is 11.8 Å². The third-order valence-corrected chi connectivity index (χ3v) is 6.74. The number of carbonyl (C=O) groups is 1. The lowest BCUT2D eigenvalue weighted by atomic mass is 9.91. The molecule has 1 aliphatic rings. The van der Waals surface area contributed by atoms with Crippen molar-refractivity contribution in [2.75, 3.05) is 0 Å². The van der Waals surface area contributed by atoms with Gasteiger partial charge in [-0.25, -0.2) is 23.5 Å². The van der Waals surface area contributed by atoms with E-state index in [0.717, 1.165) is 23.5 Å². The predicted molar refractivity (Wildman–Crippen MR) is 145 cm³/mol. The number of nitrogens with zero attached hydrogens (tertiary/aromatic N) is 4. The predicted octanol–water partition coefficient (Wildman–Crippen LogP) is 4.76. The number of carbonyl (C=O) groups excluding carboxylic acids is 1. The first-order valence-corrected chi connectivity index (χ1v) is 12.9. The maximum Gasteiger partial charge on any atom is 0.407 e. The van der Waals surface area contributed by atoms with E-state index in [9.17, 15) is 18.8 Å². The first kappa shape index (κ1) is 26.3. The molecule has 4 aromatic rings. The van der Waals surface area contributed by atoms with E-state index < -0.39 is 34.8 Å². The van der Waals surface area contributed by atoms with Gasteiger partial charge in [0.25, 0.3) is 5.56 Å². The highest BCUT2D eigenvalue weighted by atomic mass is 19.1. The molecule has 1 saturated carbocycles. The van der Waals surface area contributed by atoms with Crippen molar-refractivity contribution in [1.82, 2.24) is 24.4 Å². The number of benzene rings is 1. The number of aromatic nitrogens is 4. The topological polar surface area (TPSA) is 108 Å². The fourth-order valence-corrected chi connectivity index (χ4v) is 5.03. The molecule has 1 N–H and O–H groups in total. The van der Waals surface area contributed by atoms with Crippen molar-refractivity contribution in [3.63, 3.8) is 0 Å². The zero-order valence-electron chi connectivity index (χ0n) is 22.1. The fourth-order valence-electron chi connectivity index (χ4n) is 5.03. The summed E-state index contributed by atoms with van der Waals surface area (Å²) >= 11 is 0. The second-order valence-corrected chi connectivity index (χ2v) is 10.7. The molecule has 9 nitrogen and oxygen atoms in total. The van der Waals surface area contributed by atoms with Crippen LogP contribution in [0.5, 0.6) is 0 Å². The number of amides is 1. The molecule has 0 bridgehead atoms. The Hall–Kier alpha value is -4.34. The van der Waals surface area contributed by atoms with E-state index >= 15 is 0 Å². The van der Waals surface area contributed by atoms with Gasteiger partial charge in [-0.1, -0.05) is 18.2 Å². The Bertz CT molecular complexity index is 1630. The van der Waals surface area contributed by atoms with Crippen molar-refractivity contribution in [2.45, 2.75) is 64.1 Å². The Morgan fingerprint density at radius 1 is 1.03 bits per heavy atom. The minimum absolute atomic E-state index is 0.0202. The standard InChI is InChI=1S/C29H30FN5O4/c1-29(2,3)39-27(37)33-20-10-12-21(13-11-20)35-26(36)23-16-19(30)17-32-25(23)34(28(35)38)22-8-6-7-18(15-22)24-9-4-5-14-31-24/h4-9,14-17,20-21H,10-13H2,1-3H3,(H,33,37). The second-order valence-electron chi connectivity index (χ2n) is 10.7. The highest BCUT2D eigenvalue weighted by Crippen LogP contribution is 2.28. The number of ether oxygens (including phenoxy) is 1. The van der Waals surface area contributed by atoms with Gasteiger partial charge in [0.05, 0.1) is 23.0 Å². The monoisotopic (exact) mass is 531 g/mol. The third kappa shape index (κ3) is 5.59. The molecule has 3 aromatic heterocycles. The molecule has 0 spiro atoms. The molecule has 0 saturated heterocycles. The highest BCUT2D eigenvalue weighted by molar-refractivity contribution is 5.76. The molecule has 39 heavy (non-hydrogen) atoms. The maximum atomic E-state index is 14.2. The van der Waals surface area contributed by atoms with E-state index in [1.54, 1.807) is 45.2 Å². The van der Waals surface area contributed by atoms with Gasteiger partial charge in [-0.15, -0.1) is 0 Å². The van der Waals surface area contributed by atoms with Gasteiger partial charge in [-0.3, -0.25) is 14.3 Å². The third-order valence-electron chi connectivity index (χ3n) is 6.74. The van der Waals surface area contributed by atoms with E-state index in [1.807, 2.05) is 24.3 Å². The average molecular weight is 532 g/mol. The first-order valence-electron chi connectivity index (χ1n) is 12.9. The van der Waals surface area contributed by atoms with Gasteiger partial charge < -0.3 is 10.1 Å². The lowest BCUT2D eigenvalue weighted by molar-refractivity contribution is 0.0487. The van der Waals surface area contributed by atoms with Crippen LogP contribution in [0.4, 0.5) is 9.18 Å². The fraction of sp³-hybridized carbons (Fsp3) is 0.345. The molecule has 202 valence electrons. The Morgan fingerprint density at radius 2 is 1.79 bits per heavy atom. The van der Waals surface area contributed by atoms with E-state index in [1.165, 1.54) is 9.13 Å². The number of fused-ring (bicyclic) bond motifs is 1. The van der Waals surface area contributed by atoms with Gasteiger partial charge in [-0.2, -0.15) is 0 Å². The van der Waals surface area contributed by atoms with Crippen LogP contribution >= 0.6 is 0 Å². The van der Waals surface area contributed by atoms with Crippen LogP contribution in [0.15, 0.2) is 70.5 Å². The molecule has 0 unspecified atom stereocenters. The van der Waals surface area contributed by atoms with Crippen LogP contribution in [0, 0.1) is 5.82 Å². The van der Waals surface area contributed by atoms with Gasteiger partial charge in [0.2, 0.25) is 0 Å². The lowest BCUT2D eigenvalue weighted by Crippen LogP contribution is -2.45. The van der Waals surface area contributed by atoms with Crippen molar-refractivity contribution in [2.24, 2.45) is 0 Å². The zero-order chi connectivity index (χ0) is 27.7. The Labute approximate surface area is 224 Å². The Balaban J connectivity index is 1.53. The minimum Gasteiger partial charge on any atom is -0.444 e. The number of nitrogens with one attached hydrogen (secondary N) is 1. The first-order chi connectivity index (χ1) is 18.6. The molecule has 10 heteroatoms. The minimum atomic E-state index is -0.663. The number of hydrogen-bond acceptors (Lipinski definition) is 6. The molecule has 1 aromatic carbocycles. The van der Waals surface area contributed by atoms with Crippen molar-refractivity contribution < 1.29 is 13.9 Å². The Kier molecular flexibility index (Phi) is 7.03. The van der Waals surface area contributed by atoms with E-state index in [-0.39, 0.29) is 17.1 Å². The van der Waals surface area contributed by atoms with Gasteiger partial charge in [0.1, 0.15) is 11.4 Å². The quantitative estimate of drug-likeness (QED) is 0.407. The summed E-state index contributed by atoms with van der Waals surface area (Å²) in [6.07, 6.45) is 4.27. The number of halogens is 1.